The molecule has 0 bridgehead atoms. The number of nitrogens with one attached hydrogen (secondary N) is 1. The zero-order valence-corrected chi connectivity index (χ0v) is 13.3. The molecule has 3 aromatic rings. The Kier molecular flexibility index (Phi) is 4.18. The summed E-state index contributed by atoms with van der Waals surface area (Å²) in [6, 6.07) is 16.6. The van der Waals surface area contributed by atoms with Crippen molar-refractivity contribution in [2.45, 2.75) is 6.54 Å². The highest BCUT2D eigenvalue weighted by molar-refractivity contribution is 9.10. The third kappa shape index (κ3) is 3.06. The first kappa shape index (κ1) is 14.0. The molecule has 0 fully saturated rings. The van der Waals surface area contributed by atoms with Gasteiger partial charge in [-0.2, -0.15) is 5.10 Å². The van der Waals surface area contributed by atoms with Crippen molar-refractivity contribution in [2.75, 3.05) is 7.05 Å². The van der Waals surface area contributed by atoms with Gasteiger partial charge in [0.15, 0.2) is 0 Å². The molecule has 3 nitrogen and oxygen atoms in total. The van der Waals surface area contributed by atoms with Crippen molar-refractivity contribution in [1.29, 1.82) is 0 Å². The number of hydrogen-bond donors (Lipinski definition) is 1. The molecule has 1 N–H and O–H groups in total. The number of hydrogen-bond acceptors (Lipinski definition) is 2. The van der Waals surface area contributed by atoms with Crippen LogP contribution >= 0.6 is 15.9 Å². The zero-order chi connectivity index (χ0) is 14.7. The van der Waals surface area contributed by atoms with E-state index < -0.39 is 0 Å². The minimum atomic E-state index is 0.842. The van der Waals surface area contributed by atoms with Gasteiger partial charge in [-0.05, 0) is 30.3 Å². The van der Waals surface area contributed by atoms with Crippen molar-refractivity contribution in [3.63, 3.8) is 0 Å². The van der Waals surface area contributed by atoms with Crippen LogP contribution in [0.25, 0.3) is 16.8 Å². The summed E-state index contributed by atoms with van der Waals surface area (Å²) in [7, 11) is 1.94. The topological polar surface area (TPSA) is 29.9 Å². The third-order valence-electron chi connectivity index (χ3n) is 3.36. The standard InChI is InChI=1S/C17H16BrN3/c1-19-10-14-7-8-16(9-17(14)18)21-12-15(11-20-21)13-5-3-2-4-6-13/h2-9,11-12,19H,10H2,1H3. The van der Waals surface area contributed by atoms with Gasteiger partial charge in [0.1, 0.15) is 0 Å². The van der Waals surface area contributed by atoms with Gasteiger partial charge < -0.3 is 5.32 Å². The van der Waals surface area contributed by atoms with Crippen LogP contribution in [-0.2, 0) is 6.54 Å². The smallest absolute Gasteiger partial charge is 0.0657 e. The predicted octanol–water partition coefficient (Wildman–Crippen LogP) is 4.02. The van der Waals surface area contributed by atoms with E-state index >= 15 is 0 Å². The number of aromatic nitrogens is 2. The van der Waals surface area contributed by atoms with Crippen LogP contribution in [0.5, 0.6) is 0 Å². The van der Waals surface area contributed by atoms with Crippen molar-refractivity contribution in [2.24, 2.45) is 0 Å². The fourth-order valence-electron chi connectivity index (χ4n) is 2.26. The van der Waals surface area contributed by atoms with E-state index in [-0.39, 0.29) is 0 Å². The molecular weight excluding hydrogens is 326 g/mol. The second-order valence-corrected chi connectivity index (χ2v) is 5.70. The van der Waals surface area contributed by atoms with Gasteiger partial charge in [-0.3, -0.25) is 0 Å². The van der Waals surface area contributed by atoms with E-state index in [1.165, 1.54) is 11.1 Å². The summed E-state index contributed by atoms with van der Waals surface area (Å²) in [5.74, 6) is 0. The Hall–Kier alpha value is -1.91. The van der Waals surface area contributed by atoms with E-state index in [9.17, 15) is 0 Å². The molecule has 0 saturated heterocycles. The summed E-state index contributed by atoms with van der Waals surface area (Å²) in [5.41, 5.74) is 4.57. The average molecular weight is 342 g/mol. The zero-order valence-electron chi connectivity index (χ0n) is 11.8. The largest absolute Gasteiger partial charge is 0.316 e. The molecule has 3 rings (SSSR count). The molecular formula is C17H16BrN3. The minimum absolute atomic E-state index is 0.842. The van der Waals surface area contributed by atoms with E-state index in [0.29, 0.717) is 0 Å². The lowest BCUT2D eigenvalue weighted by Gasteiger charge is -2.07. The first-order valence-electron chi connectivity index (χ1n) is 6.81. The molecule has 0 aliphatic heterocycles. The minimum Gasteiger partial charge on any atom is -0.316 e. The fourth-order valence-corrected chi connectivity index (χ4v) is 2.76. The van der Waals surface area contributed by atoms with Crippen molar-refractivity contribution in [1.82, 2.24) is 15.1 Å². The van der Waals surface area contributed by atoms with E-state index in [4.69, 9.17) is 0 Å². The summed E-state index contributed by atoms with van der Waals surface area (Å²) in [6.45, 7) is 0.842. The predicted molar refractivity (Wildman–Crippen MR) is 89.5 cm³/mol. The van der Waals surface area contributed by atoms with Crippen LogP contribution in [0.4, 0.5) is 0 Å². The molecule has 0 amide bonds. The maximum Gasteiger partial charge on any atom is 0.0657 e. The molecule has 0 aliphatic rings. The second-order valence-electron chi connectivity index (χ2n) is 4.85. The van der Waals surface area contributed by atoms with Gasteiger partial charge in [-0.15, -0.1) is 0 Å². The molecule has 0 saturated carbocycles. The molecule has 4 heteroatoms. The molecule has 0 aliphatic carbocycles. The normalized spacial score (nSPS) is 10.8. The Morgan fingerprint density at radius 1 is 1.10 bits per heavy atom. The summed E-state index contributed by atoms with van der Waals surface area (Å²) in [5, 5.41) is 7.62. The fraction of sp³-hybridized carbons (Fsp3) is 0.118. The highest BCUT2D eigenvalue weighted by Crippen LogP contribution is 2.23. The first-order chi connectivity index (χ1) is 10.3. The number of benzene rings is 2. The number of rotatable bonds is 4. The highest BCUT2D eigenvalue weighted by atomic mass is 79.9. The van der Waals surface area contributed by atoms with Crippen molar-refractivity contribution in [3.8, 4) is 16.8 Å². The van der Waals surface area contributed by atoms with Crippen LogP contribution in [0.2, 0.25) is 0 Å². The quantitative estimate of drug-likeness (QED) is 0.776. The summed E-state index contributed by atoms with van der Waals surface area (Å²) >= 11 is 3.62. The maximum absolute atomic E-state index is 4.46. The van der Waals surface area contributed by atoms with Gasteiger partial charge in [-0.1, -0.05) is 52.3 Å². The van der Waals surface area contributed by atoms with E-state index in [2.05, 4.69) is 62.9 Å². The van der Waals surface area contributed by atoms with Crippen molar-refractivity contribution < 1.29 is 0 Å². The van der Waals surface area contributed by atoms with Crippen LogP contribution < -0.4 is 5.32 Å². The molecule has 106 valence electrons. The molecule has 0 radical (unpaired) electrons. The van der Waals surface area contributed by atoms with E-state index in [1.54, 1.807) is 0 Å². The van der Waals surface area contributed by atoms with E-state index in [0.717, 1.165) is 22.3 Å². The average Bonchev–Trinajstić information content (AvgIpc) is 3.00. The molecule has 1 aromatic heterocycles. The lowest BCUT2D eigenvalue weighted by molar-refractivity contribution is 0.811. The Morgan fingerprint density at radius 3 is 2.62 bits per heavy atom. The van der Waals surface area contributed by atoms with Crippen LogP contribution in [0.1, 0.15) is 5.56 Å². The first-order valence-corrected chi connectivity index (χ1v) is 7.61. The molecule has 0 atom stereocenters. The van der Waals surface area contributed by atoms with Gasteiger partial charge in [0.05, 0.1) is 11.9 Å². The van der Waals surface area contributed by atoms with Crippen LogP contribution in [0.3, 0.4) is 0 Å². The Bertz CT molecular complexity index is 735. The maximum atomic E-state index is 4.46. The SMILES string of the molecule is CNCc1ccc(-n2cc(-c3ccccc3)cn2)cc1Br. The number of halogens is 1. The number of nitrogens with zero attached hydrogens (tertiary/aromatic N) is 2. The molecule has 21 heavy (non-hydrogen) atoms. The molecule has 0 spiro atoms. The lowest BCUT2D eigenvalue weighted by Crippen LogP contribution is -2.06. The van der Waals surface area contributed by atoms with Crippen molar-refractivity contribution in [3.05, 3.63) is 71.0 Å². The van der Waals surface area contributed by atoms with Crippen LogP contribution in [-0.4, -0.2) is 16.8 Å². The van der Waals surface area contributed by atoms with Gasteiger partial charge >= 0.3 is 0 Å². The molecule has 1 heterocycles. The third-order valence-corrected chi connectivity index (χ3v) is 4.10. The van der Waals surface area contributed by atoms with Crippen LogP contribution in [0.15, 0.2) is 65.4 Å². The molecule has 0 unspecified atom stereocenters. The highest BCUT2D eigenvalue weighted by Gasteiger charge is 2.05. The van der Waals surface area contributed by atoms with Gasteiger partial charge in [0.25, 0.3) is 0 Å². The van der Waals surface area contributed by atoms with E-state index in [1.807, 2.05) is 36.1 Å². The van der Waals surface area contributed by atoms with Crippen LogP contribution in [0, 0.1) is 0 Å². The van der Waals surface area contributed by atoms with Gasteiger partial charge in [-0.25, -0.2) is 4.68 Å². The summed E-state index contributed by atoms with van der Waals surface area (Å²) in [4.78, 5) is 0. The molecule has 2 aromatic carbocycles. The Labute approximate surface area is 132 Å². The summed E-state index contributed by atoms with van der Waals surface area (Å²) in [6.07, 6.45) is 3.94. The second kappa shape index (κ2) is 6.24. The lowest BCUT2D eigenvalue weighted by atomic mass is 10.1. The summed E-state index contributed by atoms with van der Waals surface area (Å²) < 4.78 is 2.99. The van der Waals surface area contributed by atoms with Gasteiger partial charge in [0, 0.05) is 22.8 Å². The van der Waals surface area contributed by atoms with Crippen molar-refractivity contribution >= 4 is 15.9 Å². The Balaban J connectivity index is 1.91. The monoisotopic (exact) mass is 341 g/mol. The Morgan fingerprint density at radius 2 is 1.90 bits per heavy atom. The van der Waals surface area contributed by atoms with Gasteiger partial charge in [0.2, 0.25) is 0 Å².